The molecule has 0 bridgehead atoms. The molecule has 1 rings (SSSR count). The molecule has 1 aromatic rings. The molecule has 4 nitrogen and oxygen atoms in total. The molecule has 4 heteroatoms. The first-order valence-corrected chi connectivity index (χ1v) is 6.43. The zero-order valence-corrected chi connectivity index (χ0v) is 12.0. The minimum atomic E-state index is -0.314. The van der Waals surface area contributed by atoms with Gasteiger partial charge < -0.3 is 9.57 Å². The van der Waals surface area contributed by atoms with Crippen molar-refractivity contribution in [3.63, 3.8) is 0 Å². The van der Waals surface area contributed by atoms with Crippen molar-refractivity contribution >= 4 is 11.7 Å². The molecular formula is C15H21NO3. The molecule has 0 saturated carbocycles. The van der Waals surface area contributed by atoms with Crippen LogP contribution in [0.25, 0.3) is 0 Å². The van der Waals surface area contributed by atoms with Gasteiger partial charge in [-0.25, -0.2) is 4.79 Å². The lowest BCUT2D eigenvalue weighted by atomic mass is 9.97. The molecule has 1 aromatic carbocycles. The van der Waals surface area contributed by atoms with Crippen molar-refractivity contribution in [2.24, 2.45) is 5.16 Å². The van der Waals surface area contributed by atoms with E-state index in [0.717, 1.165) is 36.1 Å². The number of ether oxygens (including phenoxy) is 1. The minimum Gasteiger partial charge on any atom is -0.465 e. The second-order valence-electron chi connectivity index (χ2n) is 4.33. The smallest absolute Gasteiger partial charge is 0.337 e. The highest BCUT2D eigenvalue weighted by molar-refractivity contribution is 6.01. The van der Waals surface area contributed by atoms with E-state index >= 15 is 0 Å². The van der Waals surface area contributed by atoms with Crippen LogP contribution in [-0.4, -0.2) is 25.9 Å². The predicted molar refractivity (Wildman–Crippen MR) is 75.6 cm³/mol. The largest absolute Gasteiger partial charge is 0.465 e. The van der Waals surface area contributed by atoms with Crippen molar-refractivity contribution in [1.82, 2.24) is 0 Å². The Morgan fingerprint density at radius 1 is 1.32 bits per heavy atom. The highest BCUT2D eigenvalue weighted by Gasteiger charge is 2.11. The summed E-state index contributed by atoms with van der Waals surface area (Å²) in [5.74, 6) is -0.314. The molecule has 0 aliphatic rings. The second kappa shape index (κ2) is 7.56. The number of methoxy groups -OCH3 is 1. The van der Waals surface area contributed by atoms with Gasteiger partial charge in [-0.3, -0.25) is 0 Å². The number of benzene rings is 1. The maximum absolute atomic E-state index is 11.6. The van der Waals surface area contributed by atoms with Crippen LogP contribution < -0.4 is 0 Å². The van der Waals surface area contributed by atoms with Crippen LogP contribution in [0.4, 0.5) is 0 Å². The Morgan fingerprint density at radius 2 is 2.05 bits per heavy atom. The molecule has 104 valence electrons. The van der Waals surface area contributed by atoms with Crippen molar-refractivity contribution < 1.29 is 14.4 Å². The molecule has 0 aromatic heterocycles. The average Bonchev–Trinajstić information content (AvgIpc) is 2.44. The number of carbonyl (C=O) groups is 1. The Kier molecular flexibility index (Phi) is 6.06. The summed E-state index contributed by atoms with van der Waals surface area (Å²) in [7, 11) is 2.91. The lowest BCUT2D eigenvalue weighted by Crippen LogP contribution is -2.07. The van der Waals surface area contributed by atoms with Gasteiger partial charge in [0, 0.05) is 5.56 Å². The Hall–Kier alpha value is -1.84. The molecule has 0 spiro atoms. The molecule has 0 saturated heterocycles. The van der Waals surface area contributed by atoms with E-state index in [0.29, 0.717) is 5.56 Å². The molecule has 0 atom stereocenters. The summed E-state index contributed by atoms with van der Waals surface area (Å²) in [6, 6.07) is 5.53. The maximum Gasteiger partial charge on any atom is 0.337 e. The van der Waals surface area contributed by atoms with E-state index in [9.17, 15) is 4.79 Å². The topological polar surface area (TPSA) is 47.9 Å². The van der Waals surface area contributed by atoms with Gasteiger partial charge in [0.2, 0.25) is 0 Å². The van der Waals surface area contributed by atoms with Crippen molar-refractivity contribution in [3.05, 3.63) is 34.9 Å². The van der Waals surface area contributed by atoms with E-state index in [1.54, 1.807) is 6.07 Å². The molecule has 0 aliphatic carbocycles. The number of hydrogen-bond donors (Lipinski definition) is 0. The number of oxime groups is 1. The lowest BCUT2D eigenvalue weighted by Gasteiger charge is -2.10. The van der Waals surface area contributed by atoms with Gasteiger partial charge in [-0.1, -0.05) is 24.6 Å². The zero-order valence-electron chi connectivity index (χ0n) is 12.0. The van der Waals surface area contributed by atoms with E-state index in [1.807, 2.05) is 19.1 Å². The number of unbranched alkanes of at least 4 members (excludes halogenated alkanes) is 1. The number of nitrogens with zero attached hydrogens (tertiary/aromatic N) is 1. The van der Waals surface area contributed by atoms with Crippen molar-refractivity contribution in [3.8, 4) is 0 Å². The van der Waals surface area contributed by atoms with Crippen LogP contribution in [0.2, 0.25) is 0 Å². The molecule has 0 radical (unpaired) electrons. The fraction of sp³-hybridized carbons (Fsp3) is 0.467. The van der Waals surface area contributed by atoms with E-state index in [4.69, 9.17) is 9.57 Å². The normalized spacial score (nSPS) is 11.3. The third kappa shape index (κ3) is 4.09. The molecule has 0 fully saturated rings. The van der Waals surface area contributed by atoms with E-state index in [2.05, 4.69) is 12.1 Å². The number of hydrogen-bond acceptors (Lipinski definition) is 4. The summed E-state index contributed by atoms with van der Waals surface area (Å²) >= 11 is 0. The van der Waals surface area contributed by atoms with Gasteiger partial charge in [-0.15, -0.1) is 0 Å². The average molecular weight is 263 g/mol. The SMILES string of the molecule is CCCCc1cc(C(=O)OC)ccc1/C(C)=N/OC. The van der Waals surface area contributed by atoms with Crippen molar-refractivity contribution in [2.75, 3.05) is 14.2 Å². The van der Waals surface area contributed by atoms with Gasteiger partial charge >= 0.3 is 5.97 Å². The highest BCUT2D eigenvalue weighted by atomic mass is 16.6. The summed E-state index contributed by atoms with van der Waals surface area (Å²) in [5.41, 5.74) is 3.50. The van der Waals surface area contributed by atoms with Crippen LogP contribution >= 0.6 is 0 Å². The lowest BCUT2D eigenvalue weighted by molar-refractivity contribution is 0.0600. The Morgan fingerprint density at radius 3 is 2.63 bits per heavy atom. The third-order valence-electron chi connectivity index (χ3n) is 2.94. The van der Waals surface area contributed by atoms with Gasteiger partial charge in [0.25, 0.3) is 0 Å². The van der Waals surface area contributed by atoms with Gasteiger partial charge in [0.05, 0.1) is 18.4 Å². The fourth-order valence-electron chi connectivity index (χ4n) is 1.95. The number of aryl methyl sites for hydroxylation is 1. The molecule has 0 heterocycles. The first-order chi connectivity index (χ1) is 9.13. The Labute approximate surface area is 114 Å². The van der Waals surface area contributed by atoms with E-state index < -0.39 is 0 Å². The van der Waals surface area contributed by atoms with Crippen LogP contribution in [0.3, 0.4) is 0 Å². The van der Waals surface area contributed by atoms with E-state index in [1.165, 1.54) is 14.2 Å². The van der Waals surface area contributed by atoms with E-state index in [-0.39, 0.29) is 5.97 Å². The molecule has 0 unspecified atom stereocenters. The maximum atomic E-state index is 11.6. The molecule has 0 aliphatic heterocycles. The third-order valence-corrected chi connectivity index (χ3v) is 2.94. The van der Waals surface area contributed by atoms with Crippen LogP contribution in [0, 0.1) is 0 Å². The summed E-state index contributed by atoms with van der Waals surface area (Å²) in [6.07, 6.45) is 3.08. The summed E-state index contributed by atoms with van der Waals surface area (Å²) in [6.45, 7) is 4.03. The van der Waals surface area contributed by atoms with Crippen molar-refractivity contribution in [2.45, 2.75) is 33.1 Å². The Balaban J connectivity index is 3.16. The van der Waals surface area contributed by atoms with Crippen LogP contribution in [0.5, 0.6) is 0 Å². The van der Waals surface area contributed by atoms with Gasteiger partial charge in [-0.05, 0) is 37.5 Å². The molecular weight excluding hydrogens is 242 g/mol. The molecule has 19 heavy (non-hydrogen) atoms. The zero-order chi connectivity index (χ0) is 14.3. The fourth-order valence-corrected chi connectivity index (χ4v) is 1.95. The van der Waals surface area contributed by atoms with Gasteiger partial charge in [0.15, 0.2) is 0 Å². The van der Waals surface area contributed by atoms with Crippen LogP contribution in [0.1, 0.15) is 48.2 Å². The monoisotopic (exact) mass is 263 g/mol. The first kappa shape index (κ1) is 15.2. The van der Waals surface area contributed by atoms with Crippen LogP contribution in [-0.2, 0) is 16.0 Å². The second-order valence-corrected chi connectivity index (χ2v) is 4.33. The number of carbonyl (C=O) groups excluding carboxylic acids is 1. The molecule has 0 N–H and O–H groups in total. The van der Waals surface area contributed by atoms with Crippen LogP contribution in [0.15, 0.2) is 23.4 Å². The summed E-state index contributed by atoms with van der Waals surface area (Å²) in [4.78, 5) is 16.4. The number of rotatable bonds is 6. The van der Waals surface area contributed by atoms with Gasteiger partial charge in [-0.2, -0.15) is 0 Å². The standard InChI is InChI=1S/C15H21NO3/c1-5-6-7-12-10-13(15(17)18-3)8-9-14(12)11(2)16-19-4/h8-10H,5-7H2,1-4H3/b16-11+. The van der Waals surface area contributed by atoms with Crippen molar-refractivity contribution in [1.29, 1.82) is 0 Å². The first-order valence-electron chi connectivity index (χ1n) is 6.43. The van der Waals surface area contributed by atoms with Gasteiger partial charge in [0.1, 0.15) is 7.11 Å². The quantitative estimate of drug-likeness (QED) is 0.450. The minimum absolute atomic E-state index is 0.314. The summed E-state index contributed by atoms with van der Waals surface area (Å²) in [5, 5.41) is 3.96. The summed E-state index contributed by atoms with van der Waals surface area (Å²) < 4.78 is 4.75. The Bertz CT molecular complexity index is 466. The molecule has 0 amide bonds. The predicted octanol–water partition coefficient (Wildman–Crippen LogP) is 3.19. The number of esters is 1. The highest BCUT2D eigenvalue weighted by Crippen LogP contribution is 2.17.